The number of anilines is 3. The van der Waals surface area contributed by atoms with Crippen molar-refractivity contribution in [2.45, 2.75) is 117 Å². The van der Waals surface area contributed by atoms with Crippen molar-refractivity contribution in [2.75, 3.05) is 4.90 Å². The van der Waals surface area contributed by atoms with E-state index in [2.05, 4.69) is 118 Å². The molecular formula is C41H61NO. The van der Waals surface area contributed by atoms with Crippen LogP contribution < -0.4 is 4.90 Å². The fraction of sp³-hybridized carbons (Fsp3) is 0.415. The van der Waals surface area contributed by atoms with Crippen LogP contribution in [-0.2, 0) is 0 Å². The van der Waals surface area contributed by atoms with Gasteiger partial charge in [0.2, 0.25) is 0 Å². The van der Waals surface area contributed by atoms with E-state index in [1.54, 1.807) is 24.3 Å². The molecule has 0 fully saturated rings. The quantitative estimate of drug-likeness (QED) is 0.259. The Balaban J connectivity index is 0.00000105. The summed E-state index contributed by atoms with van der Waals surface area (Å²) in [6, 6.07) is 19.5. The van der Waals surface area contributed by atoms with Gasteiger partial charge in [-0.1, -0.05) is 84.4 Å². The first kappa shape index (κ1) is 39.5. The Morgan fingerprint density at radius 1 is 0.419 bits per heavy atom. The summed E-state index contributed by atoms with van der Waals surface area (Å²) in [6.07, 6.45) is 1.25. The second-order valence-electron chi connectivity index (χ2n) is 10.7. The minimum absolute atomic E-state index is 0.322. The van der Waals surface area contributed by atoms with Crippen LogP contribution in [0.4, 0.5) is 17.1 Å². The highest BCUT2D eigenvalue weighted by Crippen LogP contribution is 2.46. The molecule has 236 valence electrons. The van der Waals surface area contributed by atoms with Crippen molar-refractivity contribution in [3.8, 4) is 5.75 Å². The molecule has 4 aromatic carbocycles. The fourth-order valence-electron chi connectivity index (χ4n) is 5.01. The summed E-state index contributed by atoms with van der Waals surface area (Å²) in [6.45, 7) is 34.9. The van der Waals surface area contributed by atoms with Crippen molar-refractivity contribution in [1.29, 1.82) is 0 Å². The lowest BCUT2D eigenvalue weighted by Gasteiger charge is -2.34. The second-order valence-corrected chi connectivity index (χ2v) is 10.7. The maximum atomic E-state index is 8.63. The van der Waals surface area contributed by atoms with Crippen LogP contribution in [-0.4, -0.2) is 5.11 Å². The minimum atomic E-state index is 0.322. The topological polar surface area (TPSA) is 23.5 Å². The van der Waals surface area contributed by atoms with Gasteiger partial charge >= 0.3 is 0 Å². The van der Waals surface area contributed by atoms with E-state index in [1.165, 1.54) is 79.1 Å². The number of phenolic OH excluding ortho intramolecular Hbond substituents is 1. The van der Waals surface area contributed by atoms with E-state index in [-0.39, 0.29) is 0 Å². The largest absolute Gasteiger partial charge is 0.508 e. The molecule has 0 unspecified atom stereocenters. The van der Waals surface area contributed by atoms with E-state index in [0.29, 0.717) is 5.75 Å². The van der Waals surface area contributed by atoms with E-state index >= 15 is 0 Å². The Morgan fingerprint density at radius 2 is 0.651 bits per heavy atom. The molecule has 4 rings (SSSR count). The van der Waals surface area contributed by atoms with Crippen LogP contribution in [0.1, 0.15) is 104 Å². The lowest BCUT2D eigenvalue weighted by atomic mass is 9.89. The van der Waals surface area contributed by atoms with Gasteiger partial charge in [0.05, 0.1) is 11.4 Å². The predicted molar refractivity (Wildman–Crippen MR) is 195 cm³/mol. The lowest BCUT2D eigenvalue weighted by Crippen LogP contribution is -2.18. The number of aromatic hydroxyl groups is 1. The zero-order valence-corrected chi connectivity index (χ0v) is 30.4. The third kappa shape index (κ3) is 9.75. The molecule has 0 heterocycles. The first-order valence-corrected chi connectivity index (χ1v) is 16.1. The third-order valence-corrected chi connectivity index (χ3v) is 8.14. The highest BCUT2D eigenvalue weighted by atomic mass is 16.3. The third-order valence-electron chi connectivity index (χ3n) is 8.14. The average molecular weight is 584 g/mol. The predicted octanol–water partition coefficient (Wildman–Crippen LogP) is 13.1. The molecular weight excluding hydrogens is 522 g/mol. The van der Waals surface area contributed by atoms with Gasteiger partial charge in [0, 0.05) is 5.69 Å². The van der Waals surface area contributed by atoms with Crippen LogP contribution >= 0.6 is 0 Å². The SMILES string of the molecule is CC.CC.CCC.Cc1c(C)c(C)c(N(c2ccccc2)c2c(C)c(C)c(C)c(C)c2C)c(C)c1C.Oc1ccccc1. The molecule has 0 spiro atoms. The molecule has 0 radical (unpaired) electrons. The number of benzene rings is 4. The molecule has 0 bridgehead atoms. The summed E-state index contributed by atoms with van der Waals surface area (Å²) in [4.78, 5) is 2.51. The van der Waals surface area contributed by atoms with Crippen LogP contribution in [0.15, 0.2) is 60.7 Å². The van der Waals surface area contributed by atoms with E-state index in [1.807, 2.05) is 33.8 Å². The summed E-state index contributed by atoms with van der Waals surface area (Å²) < 4.78 is 0. The van der Waals surface area contributed by atoms with Crippen molar-refractivity contribution in [3.63, 3.8) is 0 Å². The van der Waals surface area contributed by atoms with Crippen molar-refractivity contribution < 1.29 is 5.11 Å². The summed E-state index contributed by atoms with van der Waals surface area (Å²) in [7, 11) is 0. The van der Waals surface area contributed by atoms with Crippen LogP contribution in [0, 0.1) is 69.2 Å². The number of hydrogen-bond donors (Lipinski definition) is 1. The number of para-hydroxylation sites is 2. The Labute approximate surface area is 265 Å². The molecule has 1 N–H and O–H groups in total. The minimum Gasteiger partial charge on any atom is -0.508 e. The van der Waals surface area contributed by atoms with Crippen molar-refractivity contribution in [3.05, 3.63) is 116 Å². The zero-order valence-electron chi connectivity index (χ0n) is 30.4. The molecule has 2 nitrogen and oxygen atoms in total. The highest BCUT2D eigenvalue weighted by Gasteiger charge is 2.25. The molecule has 4 aromatic rings. The van der Waals surface area contributed by atoms with Gasteiger partial charge in [-0.05, 0) is 149 Å². The fourth-order valence-corrected chi connectivity index (χ4v) is 5.01. The van der Waals surface area contributed by atoms with Crippen LogP contribution in [0.5, 0.6) is 5.75 Å². The first-order chi connectivity index (χ1) is 20.4. The summed E-state index contributed by atoms with van der Waals surface area (Å²) in [5.41, 5.74) is 17.7. The maximum Gasteiger partial charge on any atom is 0.115 e. The molecule has 0 saturated heterocycles. The Morgan fingerprint density at radius 3 is 0.884 bits per heavy atom. The molecule has 0 aromatic heterocycles. The normalized spacial score (nSPS) is 9.58. The standard InChI is InChI=1S/C28H35N.C6H6O.C3H8.2C2H6/c1-16-18(3)22(7)27(23(8)19(16)4)29(26-14-12-11-13-15-26)28-24(9)20(5)17(2)21(6)25(28)10;7-6-4-2-1-3-5-6;1-3-2;2*1-2/h11-15H,1-10H3;1-5,7H;3H2,1-2H3;2*1-2H3. The van der Waals surface area contributed by atoms with Crippen LogP contribution in [0.2, 0.25) is 0 Å². The summed E-state index contributed by atoms with van der Waals surface area (Å²) >= 11 is 0. The molecule has 0 aliphatic heterocycles. The van der Waals surface area contributed by atoms with Gasteiger partial charge < -0.3 is 10.0 Å². The maximum absolute atomic E-state index is 8.63. The number of nitrogens with zero attached hydrogens (tertiary/aromatic N) is 1. The molecule has 43 heavy (non-hydrogen) atoms. The van der Waals surface area contributed by atoms with E-state index < -0.39 is 0 Å². The van der Waals surface area contributed by atoms with Gasteiger partial charge in [0.1, 0.15) is 5.75 Å². The van der Waals surface area contributed by atoms with E-state index in [4.69, 9.17) is 5.11 Å². The Hall–Kier alpha value is -3.52. The smallest absolute Gasteiger partial charge is 0.115 e. The molecule has 0 aliphatic rings. The van der Waals surface area contributed by atoms with E-state index in [9.17, 15) is 0 Å². The molecule has 2 heteroatoms. The summed E-state index contributed by atoms with van der Waals surface area (Å²) in [5, 5.41) is 8.63. The van der Waals surface area contributed by atoms with Gasteiger partial charge in [-0.3, -0.25) is 0 Å². The van der Waals surface area contributed by atoms with Gasteiger partial charge in [-0.2, -0.15) is 0 Å². The molecule has 0 aliphatic carbocycles. The highest BCUT2D eigenvalue weighted by molar-refractivity contribution is 5.86. The van der Waals surface area contributed by atoms with Gasteiger partial charge in [-0.25, -0.2) is 0 Å². The van der Waals surface area contributed by atoms with Gasteiger partial charge in [0.15, 0.2) is 0 Å². The lowest BCUT2D eigenvalue weighted by molar-refractivity contribution is 0.475. The molecule has 0 amide bonds. The Kier molecular flexibility index (Phi) is 18.0. The zero-order chi connectivity index (χ0) is 33.4. The number of phenols is 1. The summed E-state index contributed by atoms with van der Waals surface area (Å²) in [5.74, 6) is 0.322. The van der Waals surface area contributed by atoms with Crippen LogP contribution in [0.25, 0.3) is 0 Å². The first-order valence-electron chi connectivity index (χ1n) is 16.1. The van der Waals surface area contributed by atoms with Crippen molar-refractivity contribution in [1.82, 2.24) is 0 Å². The van der Waals surface area contributed by atoms with Crippen molar-refractivity contribution >= 4 is 17.1 Å². The monoisotopic (exact) mass is 583 g/mol. The number of rotatable bonds is 3. The number of hydrogen-bond acceptors (Lipinski definition) is 2. The molecule has 0 atom stereocenters. The van der Waals surface area contributed by atoms with Gasteiger partial charge in [-0.15, -0.1) is 0 Å². The van der Waals surface area contributed by atoms with Crippen LogP contribution in [0.3, 0.4) is 0 Å². The molecule has 0 saturated carbocycles. The van der Waals surface area contributed by atoms with Gasteiger partial charge in [0.25, 0.3) is 0 Å². The average Bonchev–Trinajstić information content (AvgIpc) is 3.03. The Bertz CT molecular complexity index is 1260. The second kappa shape index (κ2) is 19.6. The van der Waals surface area contributed by atoms with Crippen molar-refractivity contribution in [2.24, 2.45) is 0 Å². The van der Waals surface area contributed by atoms with E-state index in [0.717, 1.165) is 0 Å².